The molecule has 0 saturated carbocycles. The van der Waals surface area contributed by atoms with E-state index in [2.05, 4.69) is 5.32 Å². The molecule has 1 aliphatic rings. The molecule has 3 nitrogen and oxygen atoms in total. The molecule has 1 heterocycles. The Labute approximate surface area is 126 Å². The molecule has 0 aliphatic carbocycles. The summed E-state index contributed by atoms with van der Waals surface area (Å²) in [6.45, 7) is 0.469. The first kappa shape index (κ1) is 13.3. The fraction of sp³-hybridized carbons (Fsp3) is 0.133. The number of benzene rings is 2. The van der Waals surface area contributed by atoms with E-state index in [4.69, 9.17) is 16.3 Å². The quantitative estimate of drug-likeness (QED) is 0.932. The molecule has 0 radical (unpaired) electrons. The summed E-state index contributed by atoms with van der Waals surface area (Å²) in [7, 11) is 0. The van der Waals surface area contributed by atoms with Crippen molar-refractivity contribution in [2.45, 2.75) is 11.5 Å². The number of nitrogens with one attached hydrogen (secondary N) is 1. The van der Waals surface area contributed by atoms with E-state index in [0.29, 0.717) is 17.4 Å². The second-order valence-corrected chi connectivity index (χ2v) is 5.87. The average Bonchev–Trinajstić information content (AvgIpc) is 2.45. The minimum absolute atomic E-state index is 0.0371. The summed E-state index contributed by atoms with van der Waals surface area (Å²) in [6.07, 6.45) is 0. The lowest BCUT2D eigenvalue weighted by molar-refractivity contribution is -0.113. The summed E-state index contributed by atoms with van der Waals surface area (Å²) in [5.74, 6) is 1.27. The number of thioether (sulfide) groups is 1. The van der Waals surface area contributed by atoms with E-state index in [-0.39, 0.29) is 5.91 Å². The van der Waals surface area contributed by atoms with Crippen LogP contribution in [0.3, 0.4) is 0 Å². The number of ether oxygens (including phenoxy) is 1. The van der Waals surface area contributed by atoms with Crippen LogP contribution in [0.15, 0.2) is 47.4 Å². The number of hydrogen-bond donors (Lipinski definition) is 1. The summed E-state index contributed by atoms with van der Waals surface area (Å²) in [5, 5.41) is 3.54. The number of hydrogen-bond acceptors (Lipinski definition) is 3. The highest BCUT2D eigenvalue weighted by molar-refractivity contribution is 8.00. The van der Waals surface area contributed by atoms with Crippen molar-refractivity contribution in [1.82, 2.24) is 0 Å². The molecule has 0 aromatic heterocycles. The summed E-state index contributed by atoms with van der Waals surface area (Å²) in [6, 6.07) is 13.3. The predicted octanol–water partition coefficient (Wildman–Crippen LogP) is 3.96. The lowest BCUT2D eigenvalue weighted by Crippen LogP contribution is -2.18. The molecule has 5 heteroatoms. The van der Waals surface area contributed by atoms with E-state index in [9.17, 15) is 4.79 Å². The van der Waals surface area contributed by atoms with E-state index < -0.39 is 0 Å². The van der Waals surface area contributed by atoms with Crippen LogP contribution in [0.2, 0.25) is 5.02 Å². The van der Waals surface area contributed by atoms with Crippen molar-refractivity contribution in [2.75, 3.05) is 11.1 Å². The molecule has 1 amide bonds. The first-order valence-corrected chi connectivity index (χ1v) is 7.51. The smallest absolute Gasteiger partial charge is 0.234 e. The van der Waals surface area contributed by atoms with E-state index in [1.807, 2.05) is 42.5 Å². The van der Waals surface area contributed by atoms with Crippen LogP contribution < -0.4 is 10.1 Å². The molecule has 2 aromatic carbocycles. The Morgan fingerprint density at radius 1 is 1.25 bits per heavy atom. The normalized spacial score (nSPS) is 13.6. The van der Waals surface area contributed by atoms with Gasteiger partial charge in [0, 0.05) is 9.92 Å². The van der Waals surface area contributed by atoms with Gasteiger partial charge in [0.15, 0.2) is 0 Å². The number of carbonyl (C=O) groups is 1. The van der Waals surface area contributed by atoms with Gasteiger partial charge in [-0.05, 0) is 35.9 Å². The van der Waals surface area contributed by atoms with Gasteiger partial charge >= 0.3 is 0 Å². The number of amides is 1. The molecule has 0 unspecified atom stereocenters. The summed E-state index contributed by atoms with van der Waals surface area (Å²) >= 11 is 7.46. The van der Waals surface area contributed by atoms with Gasteiger partial charge in [0.05, 0.1) is 11.4 Å². The molecule has 20 heavy (non-hydrogen) atoms. The topological polar surface area (TPSA) is 38.3 Å². The van der Waals surface area contributed by atoms with Crippen molar-refractivity contribution in [3.05, 3.63) is 53.1 Å². The monoisotopic (exact) mass is 305 g/mol. The first-order chi connectivity index (χ1) is 9.70. The number of anilines is 1. The third-order valence-corrected chi connectivity index (χ3v) is 4.17. The third-order valence-electron chi connectivity index (χ3n) is 2.88. The van der Waals surface area contributed by atoms with Gasteiger partial charge in [-0.15, -0.1) is 11.8 Å². The Balaban J connectivity index is 1.71. The van der Waals surface area contributed by atoms with Crippen LogP contribution in [0.5, 0.6) is 5.75 Å². The van der Waals surface area contributed by atoms with Gasteiger partial charge in [-0.1, -0.05) is 23.7 Å². The second kappa shape index (κ2) is 5.77. The maximum atomic E-state index is 11.3. The number of halogens is 1. The molecule has 0 spiro atoms. The summed E-state index contributed by atoms with van der Waals surface area (Å²) < 4.78 is 5.76. The van der Waals surface area contributed by atoms with Crippen LogP contribution in [0.1, 0.15) is 5.56 Å². The van der Waals surface area contributed by atoms with Gasteiger partial charge in [-0.3, -0.25) is 4.79 Å². The van der Waals surface area contributed by atoms with Crippen molar-refractivity contribution >= 4 is 35.0 Å². The number of rotatable bonds is 3. The van der Waals surface area contributed by atoms with Gasteiger partial charge < -0.3 is 10.1 Å². The molecule has 0 atom stereocenters. The molecule has 2 aromatic rings. The van der Waals surface area contributed by atoms with Crippen LogP contribution in [0, 0.1) is 0 Å². The Morgan fingerprint density at radius 2 is 2.15 bits per heavy atom. The van der Waals surface area contributed by atoms with Crippen LogP contribution in [-0.2, 0) is 11.4 Å². The highest BCUT2D eigenvalue weighted by atomic mass is 35.5. The van der Waals surface area contributed by atoms with Crippen molar-refractivity contribution in [3.63, 3.8) is 0 Å². The lowest BCUT2D eigenvalue weighted by atomic mass is 10.2. The maximum Gasteiger partial charge on any atom is 0.234 e. The van der Waals surface area contributed by atoms with Gasteiger partial charge in [0.25, 0.3) is 0 Å². The Hall–Kier alpha value is -1.65. The third kappa shape index (κ3) is 3.08. The van der Waals surface area contributed by atoms with Crippen molar-refractivity contribution in [3.8, 4) is 5.75 Å². The zero-order chi connectivity index (χ0) is 13.9. The maximum absolute atomic E-state index is 11.3. The van der Waals surface area contributed by atoms with E-state index in [1.165, 1.54) is 11.8 Å². The standard InChI is InChI=1S/C15H12ClNO2S/c16-11-3-1-2-10(6-11)8-19-12-4-5-13-14(7-12)20-9-15(18)17-13/h1-7H,8-9H2,(H,17,18). The van der Waals surface area contributed by atoms with Crippen LogP contribution in [-0.4, -0.2) is 11.7 Å². The number of carbonyl (C=O) groups excluding carboxylic acids is 1. The molecule has 1 aliphatic heterocycles. The Kier molecular flexibility index (Phi) is 3.85. The molecule has 3 rings (SSSR count). The SMILES string of the molecule is O=C1CSc2cc(OCc3cccc(Cl)c3)ccc2N1. The minimum Gasteiger partial charge on any atom is -0.489 e. The molecule has 0 bridgehead atoms. The minimum atomic E-state index is 0.0371. The summed E-state index contributed by atoms with van der Waals surface area (Å²) in [4.78, 5) is 12.3. The average molecular weight is 306 g/mol. The van der Waals surface area contributed by atoms with Crippen LogP contribution in [0.4, 0.5) is 5.69 Å². The fourth-order valence-corrected chi connectivity index (χ4v) is 2.98. The molecular weight excluding hydrogens is 294 g/mol. The van der Waals surface area contributed by atoms with Crippen molar-refractivity contribution in [1.29, 1.82) is 0 Å². The van der Waals surface area contributed by atoms with E-state index >= 15 is 0 Å². The van der Waals surface area contributed by atoms with Gasteiger partial charge in [-0.2, -0.15) is 0 Å². The van der Waals surface area contributed by atoms with Crippen molar-refractivity contribution in [2.24, 2.45) is 0 Å². The zero-order valence-corrected chi connectivity index (χ0v) is 12.1. The molecule has 0 saturated heterocycles. The number of fused-ring (bicyclic) bond motifs is 1. The van der Waals surface area contributed by atoms with Crippen LogP contribution >= 0.6 is 23.4 Å². The van der Waals surface area contributed by atoms with Crippen LogP contribution in [0.25, 0.3) is 0 Å². The Morgan fingerprint density at radius 3 is 3.00 bits per heavy atom. The molecular formula is C15H12ClNO2S. The first-order valence-electron chi connectivity index (χ1n) is 6.15. The van der Waals surface area contributed by atoms with Crippen molar-refractivity contribution < 1.29 is 9.53 Å². The largest absolute Gasteiger partial charge is 0.489 e. The Bertz CT molecular complexity index is 660. The van der Waals surface area contributed by atoms with Gasteiger partial charge in [0.2, 0.25) is 5.91 Å². The predicted molar refractivity (Wildman–Crippen MR) is 81.6 cm³/mol. The molecule has 1 N–H and O–H groups in total. The second-order valence-electron chi connectivity index (χ2n) is 4.41. The van der Waals surface area contributed by atoms with E-state index in [0.717, 1.165) is 21.9 Å². The molecule has 0 fully saturated rings. The van der Waals surface area contributed by atoms with E-state index in [1.54, 1.807) is 0 Å². The highest BCUT2D eigenvalue weighted by Crippen LogP contribution is 2.34. The highest BCUT2D eigenvalue weighted by Gasteiger charge is 2.15. The lowest BCUT2D eigenvalue weighted by Gasteiger charge is -2.17. The summed E-state index contributed by atoms with van der Waals surface area (Å²) in [5.41, 5.74) is 1.87. The van der Waals surface area contributed by atoms with Gasteiger partial charge in [0.1, 0.15) is 12.4 Å². The fourth-order valence-electron chi connectivity index (χ4n) is 1.94. The van der Waals surface area contributed by atoms with Gasteiger partial charge in [-0.25, -0.2) is 0 Å². The molecule has 102 valence electrons. The zero-order valence-electron chi connectivity index (χ0n) is 10.6.